The number of nitrogen functional groups attached to an aromatic ring is 1. The zero-order valence-electron chi connectivity index (χ0n) is 12.2. The van der Waals surface area contributed by atoms with Crippen molar-refractivity contribution in [3.8, 4) is 5.75 Å². The third kappa shape index (κ3) is 3.87. The average molecular weight is 289 g/mol. The predicted octanol–water partition coefficient (Wildman–Crippen LogP) is 3.61. The average Bonchev–Trinajstić information content (AvgIpc) is 2.31. The molecule has 0 saturated heterocycles. The largest absolute Gasteiger partial charge is 0.489 e. The van der Waals surface area contributed by atoms with E-state index >= 15 is 0 Å². The highest BCUT2D eigenvalue weighted by Crippen LogP contribution is 2.32. The summed E-state index contributed by atoms with van der Waals surface area (Å²) in [5.41, 5.74) is 8.49. The van der Waals surface area contributed by atoms with Crippen LogP contribution in [0.1, 0.15) is 25.2 Å². The summed E-state index contributed by atoms with van der Waals surface area (Å²) in [4.78, 5) is 9.86. The topological polar surface area (TPSA) is 61.0 Å². The van der Waals surface area contributed by atoms with Gasteiger partial charge in [-0.2, -0.15) is 0 Å². The van der Waals surface area contributed by atoms with Crippen molar-refractivity contribution in [2.75, 3.05) is 5.73 Å². The van der Waals surface area contributed by atoms with Crippen LogP contribution in [0.3, 0.4) is 0 Å². The van der Waals surface area contributed by atoms with E-state index in [9.17, 15) is 0 Å². The summed E-state index contributed by atoms with van der Waals surface area (Å²) in [6.45, 7) is 7.89. The van der Waals surface area contributed by atoms with E-state index in [2.05, 4.69) is 9.97 Å². The molecule has 4 nitrogen and oxygen atoms in total. The molecule has 0 saturated carbocycles. The lowest BCUT2D eigenvalue weighted by atomic mass is 10.3. The highest BCUT2D eigenvalue weighted by Gasteiger charge is 2.08. The Morgan fingerprint density at radius 3 is 2.35 bits per heavy atom. The SMILES string of the molecule is Cc1cc(C)nc(Sc2ccc(N)c(OC(C)C)c2)n1. The van der Waals surface area contributed by atoms with Crippen molar-refractivity contribution in [3.63, 3.8) is 0 Å². The predicted molar refractivity (Wildman–Crippen MR) is 82.2 cm³/mol. The first-order valence-electron chi connectivity index (χ1n) is 6.50. The van der Waals surface area contributed by atoms with Crippen molar-refractivity contribution < 1.29 is 4.74 Å². The molecule has 0 spiro atoms. The molecule has 0 unspecified atom stereocenters. The fourth-order valence-electron chi connectivity index (χ4n) is 1.78. The summed E-state index contributed by atoms with van der Waals surface area (Å²) < 4.78 is 5.69. The van der Waals surface area contributed by atoms with Gasteiger partial charge in [-0.1, -0.05) is 0 Å². The number of rotatable bonds is 4. The van der Waals surface area contributed by atoms with Gasteiger partial charge in [-0.25, -0.2) is 9.97 Å². The maximum absolute atomic E-state index is 5.91. The van der Waals surface area contributed by atoms with Gasteiger partial charge in [0.25, 0.3) is 0 Å². The highest BCUT2D eigenvalue weighted by atomic mass is 32.2. The number of anilines is 1. The summed E-state index contributed by atoms with van der Waals surface area (Å²) in [5, 5.41) is 0.739. The third-order valence-electron chi connectivity index (χ3n) is 2.52. The fraction of sp³-hybridized carbons (Fsp3) is 0.333. The van der Waals surface area contributed by atoms with E-state index in [0.717, 1.165) is 21.4 Å². The number of benzene rings is 1. The summed E-state index contributed by atoms with van der Waals surface area (Å²) in [6, 6.07) is 7.69. The number of nitrogens with two attached hydrogens (primary N) is 1. The van der Waals surface area contributed by atoms with Gasteiger partial charge in [0.2, 0.25) is 0 Å². The molecule has 106 valence electrons. The van der Waals surface area contributed by atoms with E-state index in [4.69, 9.17) is 10.5 Å². The zero-order chi connectivity index (χ0) is 14.7. The molecule has 20 heavy (non-hydrogen) atoms. The molecule has 0 aliphatic heterocycles. The molecule has 1 heterocycles. The minimum atomic E-state index is 0.0926. The Morgan fingerprint density at radius 2 is 1.75 bits per heavy atom. The van der Waals surface area contributed by atoms with Crippen LogP contribution in [0.25, 0.3) is 0 Å². The van der Waals surface area contributed by atoms with Crippen LogP contribution in [0.15, 0.2) is 34.3 Å². The number of hydrogen-bond acceptors (Lipinski definition) is 5. The normalized spacial score (nSPS) is 10.8. The second-order valence-corrected chi connectivity index (χ2v) is 5.94. The number of aryl methyl sites for hydroxylation is 2. The first kappa shape index (κ1) is 14.7. The van der Waals surface area contributed by atoms with Gasteiger partial charge in [0.15, 0.2) is 5.16 Å². The van der Waals surface area contributed by atoms with Crippen molar-refractivity contribution in [2.24, 2.45) is 0 Å². The first-order valence-corrected chi connectivity index (χ1v) is 7.32. The lowest BCUT2D eigenvalue weighted by Crippen LogP contribution is -2.07. The molecule has 2 N–H and O–H groups in total. The molecule has 0 aliphatic rings. The fourth-order valence-corrected chi connectivity index (χ4v) is 2.67. The van der Waals surface area contributed by atoms with Crippen LogP contribution in [-0.2, 0) is 0 Å². The van der Waals surface area contributed by atoms with Crippen LogP contribution in [0.4, 0.5) is 5.69 Å². The van der Waals surface area contributed by atoms with E-state index in [-0.39, 0.29) is 6.10 Å². The summed E-state index contributed by atoms with van der Waals surface area (Å²) in [5.74, 6) is 0.703. The van der Waals surface area contributed by atoms with E-state index in [1.165, 1.54) is 11.8 Å². The van der Waals surface area contributed by atoms with Crippen molar-refractivity contribution in [2.45, 2.75) is 43.9 Å². The van der Waals surface area contributed by atoms with Crippen molar-refractivity contribution in [1.82, 2.24) is 9.97 Å². The van der Waals surface area contributed by atoms with E-state index in [1.807, 2.05) is 52.0 Å². The van der Waals surface area contributed by atoms with Crippen molar-refractivity contribution >= 4 is 17.4 Å². The number of ether oxygens (including phenoxy) is 1. The van der Waals surface area contributed by atoms with Crippen LogP contribution < -0.4 is 10.5 Å². The summed E-state index contributed by atoms with van der Waals surface area (Å²) in [6.07, 6.45) is 0.0926. The standard InChI is InChI=1S/C15H19N3OS/c1-9(2)19-14-8-12(5-6-13(14)16)20-15-17-10(3)7-11(4)18-15/h5-9H,16H2,1-4H3. The Bertz CT molecular complexity index is 594. The van der Waals surface area contributed by atoms with Crippen molar-refractivity contribution in [3.05, 3.63) is 35.7 Å². The molecule has 0 radical (unpaired) electrons. The molecule has 0 fully saturated rings. The van der Waals surface area contributed by atoms with Gasteiger partial charge in [-0.3, -0.25) is 0 Å². The van der Waals surface area contributed by atoms with E-state index in [0.29, 0.717) is 11.4 Å². The van der Waals surface area contributed by atoms with Gasteiger partial charge in [0.05, 0.1) is 11.8 Å². The smallest absolute Gasteiger partial charge is 0.192 e. The number of hydrogen-bond donors (Lipinski definition) is 1. The van der Waals surface area contributed by atoms with E-state index < -0.39 is 0 Å². The molecular formula is C15H19N3OS. The minimum absolute atomic E-state index is 0.0926. The summed E-state index contributed by atoms with van der Waals surface area (Å²) >= 11 is 1.51. The molecule has 2 rings (SSSR count). The minimum Gasteiger partial charge on any atom is -0.489 e. The van der Waals surface area contributed by atoms with Crippen molar-refractivity contribution in [1.29, 1.82) is 0 Å². The molecule has 1 aromatic heterocycles. The van der Waals surface area contributed by atoms with E-state index in [1.54, 1.807) is 0 Å². The van der Waals surface area contributed by atoms with Crippen LogP contribution in [0.5, 0.6) is 5.75 Å². The zero-order valence-corrected chi connectivity index (χ0v) is 13.0. The Kier molecular flexibility index (Phi) is 4.49. The molecular weight excluding hydrogens is 270 g/mol. The molecule has 0 amide bonds. The lowest BCUT2D eigenvalue weighted by molar-refractivity contribution is 0.243. The lowest BCUT2D eigenvalue weighted by Gasteiger charge is -2.13. The third-order valence-corrected chi connectivity index (χ3v) is 3.37. The second-order valence-electron chi connectivity index (χ2n) is 4.90. The molecule has 2 aromatic rings. The van der Waals surface area contributed by atoms with Crippen LogP contribution in [-0.4, -0.2) is 16.1 Å². The molecule has 0 atom stereocenters. The van der Waals surface area contributed by atoms with Gasteiger partial charge in [-0.05, 0) is 63.7 Å². The second kappa shape index (κ2) is 6.13. The van der Waals surface area contributed by atoms with Crippen LogP contribution in [0.2, 0.25) is 0 Å². The molecule has 5 heteroatoms. The number of aromatic nitrogens is 2. The van der Waals surface area contributed by atoms with Gasteiger partial charge in [-0.15, -0.1) is 0 Å². The Balaban J connectivity index is 2.25. The van der Waals surface area contributed by atoms with Gasteiger partial charge in [0, 0.05) is 16.3 Å². The van der Waals surface area contributed by atoms with Gasteiger partial charge in [0.1, 0.15) is 5.75 Å². The summed E-state index contributed by atoms with van der Waals surface area (Å²) in [7, 11) is 0. The maximum Gasteiger partial charge on any atom is 0.192 e. The first-order chi connectivity index (χ1) is 9.44. The Hall–Kier alpha value is -1.75. The van der Waals surface area contributed by atoms with Gasteiger partial charge < -0.3 is 10.5 Å². The maximum atomic E-state index is 5.91. The van der Waals surface area contributed by atoms with Crippen LogP contribution >= 0.6 is 11.8 Å². The molecule has 1 aromatic carbocycles. The quantitative estimate of drug-likeness (QED) is 0.688. The highest BCUT2D eigenvalue weighted by molar-refractivity contribution is 7.99. The number of nitrogens with zero attached hydrogens (tertiary/aromatic N) is 2. The monoisotopic (exact) mass is 289 g/mol. The molecule has 0 aliphatic carbocycles. The molecule has 0 bridgehead atoms. The van der Waals surface area contributed by atoms with Crippen LogP contribution in [0, 0.1) is 13.8 Å². The Morgan fingerprint density at radius 1 is 1.10 bits per heavy atom. The Labute approximate surface area is 123 Å². The van der Waals surface area contributed by atoms with Gasteiger partial charge >= 0.3 is 0 Å².